The van der Waals surface area contributed by atoms with E-state index < -0.39 is 16.0 Å². The number of ether oxygens (including phenoxy) is 2. The number of anilines is 1. The van der Waals surface area contributed by atoms with Crippen molar-refractivity contribution in [3.8, 4) is 5.75 Å². The molecule has 0 saturated carbocycles. The summed E-state index contributed by atoms with van der Waals surface area (Å²) in [5, 5.41) is 13.4. The number of carboxylic acid groups (broad SMARTS) is 1. The molecule has 10 heteroatoms. The number of hydrogen-bond donors (Lipinski definition) is 2. The number of aromatic carboxylic acids is 1. The summed E-state index contributed by atoms with van der Waals surface area (Å²) >= 11 is 0. The first-order valence-electron chi connectivity index (χ1n) is 7.97. The minimum absolute atomic E-state index is 0.0387. The Kier molecular flexibility index (Phi) is 5.14. The first-order chi connectivity index (χ1) is 12.4. The van der Waals surface area contributed by atoms with Gasteiger partial charge in [0.05, 0.1) is 30.6 Å². The van der Waals surface area contributed by atoms with Crippen LogP contribution in [0.25, 0.3) is 0 Å². The Morgan fingerprint density at radius 3 is 2.77 bits per heavy atom. The largest absolute Gasteiger partial charge is 0.497 e. The van der Waals surface area contributed by atoms with Gasteiger partial charge in [-0.05, 0) is 25.0 Å². The molecular formula is C16H19N3O6S. The van der Waals surface area contributed by atoms with Crippen LogP contribution in [0, 0.1) is 0 Å². The van der Waals surface area contributed by atoms with Gasteiger partial charge in [-0.2, -0.15) is 5.10 Å². The van der Waals surface area contributed by atoms with Crippen LogP contribution in [-0.2, 0) is 14.8 Å². The Bertz CT molecular complexity index is 902. The van der Waals surface area contributed by atoms with Crippen LogP contribution in [0.5, 0.6) is 5.75 Å². The normalized spacial score (nSPS) is 15.6. The highest BCUT2D eigenvalue weighted by Gasteiger charge is 2.23. The molecule has 0 aliphatic carbocycles. The molecule has 26 heavy (non-hydrogen) atoms. The first kappa shape index (κ1) is 18.2. The summed E-state index contributed by atoms with van der Waals surface area (Å²) in [6.07, 6.45) is 4.21. The van der Waals surface area contributed by atoms with Crippen LogP contribution in [0.15, 0.2) is 35.5 Å². The van der Waals surface area contributed by atoms with E-state index in [9.17, 15) is 18.3 Å². The van der Waals surface area contributed by atoms with Crippen LogP contribution in [0.1, 0.15) is 29.2 Å². The van der Waals surface area contributed by atoms with Crippen molar-refractivity contribution in [2.45, 2.75) is 23.8 Å². The lowest BCUT2D eigenvalue weighted by molar-refractivity contribution is 0.0661. The van der Waals surface area contributed by atoms with Crippen molar-refractivity contribution in [2.24, 2.45) is 0 Å². The molecule has 140 valence electrons. The Labute approximate surface area is 150 Å². The predicted molar refractivity (Wildman–Crippen MR) is 92.1 cm³/mol. The molecule has 1 fully saturated rings. The number of carbonyl (C=O) groups is 1. The maximum absolute atomic E-state index is 12.6. The molecule has 1 aliphatic heterocycles. The van der Waals surface area contributed by atoms with E-state index in [4.69, 9.17) is 9.47 Å². The van der Waals surface area contributed by atoms with Crippen LogP contribution in [-0.4, -0.2) is 49.6 Å². The van der Waals surface area contributed by atoms with Crippen molar-refractivity contribution >= 4 is 21.7 Å². The van der Waals surface area contributed by atoms with Crippen molar-refractivity contribution in [3.05, 3.63) is 36.2 Å². The molecule has 0 spiro atoms. The number of nitrogens with one attached hydrogen (secondary N) is 1. The summed E-state index contributed by atoms with van der Waals surface area (Å²) in [6.45, 7) is 1.22. The lowest BCUT2D eigenvalue weighted by atomic mass is 10.1. The highest BCUT2D eigenvalue weighted by Crippen LogP contribution is 2.26. The Balaban J connectivity index is 1.87. The Morgan fingerprint density at radius 1 is 1.38 bits per heavy atom. The highest BCUT2D eigenvalue weighted by molar-refractivity contribution is 7.92. The van der Waals surface area contributed by atoms with E-state index in [1.807, 2.05) is 0 Å². The molecule has 0 bridgehead atoms. The number of sulfonamides is 1. The van der Waals surface area contributed by atoms with Gasteiger partial charge in [0.25, 0.3) is 10.0 Å². The van der Waals surface area contributed by atoms with E-state index >= 15 is 0 Å². The van der Waals surface area contributed by atoms with Gasteiger partial charge in [-0.3, -0.25) is 9.40 Å². The number of hydrogen-bond acceptors (Lipinski definition) is 6. The fraction of sp³-hybridized carbons (Fsp3) is 0.375. The predicted octanol–water partition coefficient (Wildman–Crippen LogP) is 1.74. The Morgan fingerprint density at radius 2 is 2.12 bits per heavy atom. The van der Waals surface area contributed by atoms with Crippen LogP contribution < -0.4 is 9.46 Å². The molecule has 9 nitrogen and oxygen atoms in total. The summed E-state index contributed by atoms with van der Waals surface area (Å²) in [4.78, 5) is 11.3. The number of benzene rings is 1. The zero-order valence-electron chi connectivity index (χ0n) is 14.1. The van der Waals surface area contributed by atoms with Gasteiger partial charge in [0.1, 0.15) is 10.6 Å². The van der Waals surface area contributed by atoms with Crippen LogP contribution >= 0.6 is 0 Å². The van der Waals surface area contributed by atoms with E-state index in [2.05, 4.69) is 9.82 Å². The zero-order chi connectivity index (χ0) is 18.7. The molecule has 3 rings (SSSR count). The standard InChI is InChI=1S/C16H19N3O6S/c1-24-12-2-3-14(16(20)21)15(8-12)18-26(22,23)13-9-17-19(10-13)11-4-6-25-7-5-11/h2-3,8-11,18H,4-7H2,1H3,(H,20,21). The highest BCUT2D eigenvalue weighted by atomic mass is 32.2. The van der Waals surface area contributed by atoms with Crippen molar-refractivity contribution in [3.63, 3.8) is 0 Å². The molecule has 0 unspecified atom stereocenters. The average molecular weight is 381 g/mol. The van der Waals surface area contributed by atoms with E-state index in [0.717, 1.165) is 12.8 Å². The van der Waals surface area contributed by atoms with Gasteiger partial charge in [0, 0.05) is 25.5 Å². The average Bonchev–Trinajstić information content (AvgIpc) is 3.13. The molecular weight excluding hydrogens is 362 g/mol. The molecule has 0 radical (unpaired) electrons. The molecule has 0 atom stereocenters. The van der Waals surface area contributed by atoms with E-state index in [1.165, 1.54) is 37.7 Å². The van der Waals surface area contributed by atoms with E-state index in [1.54, 1.807) is 4.68 Å². The summed E-state index contributed by atoms with van der Waals surface area (Å²) in [5.74, 6) is -0.908. The van der Waals surface area contributed by atoms with Gasteiger partial charge in [0.2, 0.25) is 0 Å². The minimum atomic E-state index is -4.00. The van der Waals surface area contributed by atoms with Crippen molar-refractivity contribution in [2.75, 3.05) is 25.0 Å². The van der Waals surface area contributed by atoms with Crippen LogP contribution in [0.4, 0.5) is 5.69 Å². The maximum atomic E-state index is 12.6. The second kappa shape index (κ2) is 7.34. The van der Waals surface area contributed by atoms with Crippen molar-refractivity contribution < 1.29 is 27.8 Å². The number of aromatic nitrogens is 2. The van der Waals surface area contributed by atoms with Crippen molar-refractivity contribution in [1.82, 2.24) is 9.78 Å². The quantitative estimate of drug-likeness (QED) is 0.782. The number of rotatable bonds is 6. The third-order valence-corrected chi connectivity index (χ3v) is 5.47. The summed E-state index contributed by atoms with van der Waals surface area (Å²) < 4.78 is 39.5. The Hall–Kier alpha value is -2.59. The number of methoxy groups -OCH3 is 1. The zero-order valence-corrected chi connectivity index (χ0v) is 14.9. The number of nitrogens with zero attached hydrogens (tertiary/aromatic N) is 2. The molecule has 2 heterocycles. The van der Waals surface area contributed by atoms with Gasteiger partial charge >= 0.3 is 5.97 Å². The lowest BCUT2D eigenvalue weighted by Crippen LogP contribution is -2.20. The fourth-order valence-electron chi connectivity index (χ4n) is 2.73. The molecule has 1 saturated heterocycles. The van der Waals surface area contributed by atoms with E-state index in [0.29, 0.717) is 19.0 Å². The van der Waals surface area contributed by atoms with Crippen LogP contribution in [0.3, 0.4) is 0 Å². The second-order valence-corrected chi connectivity index (χ2v) is 7.50. The molecule has 2 N–H and O–H groups in total. The topological polar surface area (TPSA) is 120 Å². The maximum Gasteiger partial charge on any atom is 0.337 e. The summed E-state index contributed by atoms with van der Waals surface area (Å²) in [6, 6.07) is 4.14. The van der Waals surface area contributed by atoms with Gasteiger partial charge in [0.15, 0.2) is 0 Å². The molecule has 2 aromatic rings. The molecule has 1 aliphatic rings. The smallest absolute Gasteiger partial charge is 0.337 e. The van der Waals surface area contributed by atoms with E-state index in [-0.39, 0.29) is 22.2 Å². The fourth-order valence-corrected chi connectivity index (χ4v) is 3.74. The van der Waals surface area contributed by atoms with Gasteiger partial charge in [-0.1, -0.05) is 0 Å². The third-order valence-electron chi connectivity index (χ3n) is 4.15. The van der Waals surface area contributed by atoms with Gasteiger partial charge < -0.3 is 14.6 Å². The number of carboxylic acids is 1. The third kappa shape index (κ3) is 3.81. The van der Waals surface area contributed by atoms with Crippen molar-refractivity contribution in [1.29, 1.82) is 0 Å². The van der Waals surface area contributed by atoms with Gasteiger partial charge in [-0.25, -0.2) is 13.2 Å². The summed E-state index contributed by atoms with van der Waals surface area (Å²) in [5.41, 5.74) is -0.248. The molecule has 1 aromatic carbocycles. The monoisotopic (exact) mass is 381 g/mol. The molecule has 1 aromatic heterocycles. The summed E-state index contributed by atoms with van der Waals surface area (Å²) in [7, 11) is -2.59. The molecule has 0 amide bonds. The second-order valence-electron chi connectivity index (χ2n) is 5.82. The lowest BCUT2D eigenvalue weighted by Gasteiger charge is -2.22. The van der Waals surface area contributed by atoms with Gasteiger partial charge in [-0.15, -0.1) is 0 Å². The SMILES string of the molecule is COc1ccc(C(=O)O)c(NS(=O)(=O)c2cnn(C3CCOCC3)c2)c1. The minimum Gasteiger partial charge on any atom is -0.497 e. The first-order valence-corrected chi connectivity index (χ1v) is 9.45. The van der Waals surface area contributed by atoms with Crippen LogP contribution in [0.2, 0.25) is 0 Å².